The number of rotatable bonds is 9. The van der Waals surface area contributed by atoms with Crippen LogP contribution in [-0.2, 0) is 9.47 Å². The van der Waals surface area contributed by atoms with Gasteiger partial charge in [0.2, 0.25) is 0 Å². The zero-order chi connectivity index (χ0) is 10.8. The molecule has 0 bridgehead atoms. The maximum absolute atomic E-state index is 5.45. The van der Waals surface area contributed by atoms with Gasteiger partial charge in [-0.2, -0.15) is 12.6 Å². The summed E-state index contributed by atoms with van der Waals surface area (Å²) in [5, 5.41) is 0. The van der Waals surface area contributed by atoms with Crippen molar-refractivity contribution in [2.75, 3.05) is 25.6 Å². The van der Waals surface area contributed by atoms with E-state index < -0.39 is 0 Å². The minimum Gasteiger partial charge on any atom is -0.379 e. The molecule has 1 unspecified atom stereocenters. The number of ether oxygens (including phenoxy) is 2. The van der Waals surface area contributed by atoms with Gasteiger partial charge in [-0.1, -0.05) is 6.92 Å². The van der Waals surface area contributed by atoms with Crippen LogP contribution in [0.25, 0.3) is 0 Å². The molecule has 0 rings (SSSR count). The Morgan fingerprint density at radius 2 is 1.71 bits per heavy atom. The molecule has 0 heterocycles. The third-order valence-electron chi connectivity index (χ3n) is 2.06. The van der Waals surface area contributed by atoms with Crippen LogP contribution in [0.15, 0.2) is 0 Å². The van der Waals surface area contributed by atoms with E-state index in [2.05, 4.69) is 19.6 Å². The van der Waals surface area contributed by atoms with Gasteiger partial charge in [0.15, 0.2) is 0 Å². The third kappa shape index (κ3) is 10.4. The van der Waals surface area contributed by atoms with Gasteiger partial charge in [-0.05, 0) is 38.4 Å². The van der Waals surface area contributed by atoms with E-state index in [0.29, 0.717) is 19.3 Å². The van der Waals surface area contributed by atoms with Crippen LogP contribution in [0, 0.1) is 5.92 Å². The highest BCUT2D eigenvalue weighted by Gasteiger charge is 2.00. The highest BCUT2D eigenvalue weighted by molar-refractivity contribution is 7.80. The van der Waals surface area contributed by atoms with Crippen LogP contribution in [0.2, 0.25) is 0 Å². The first kappa shape index (κ1) is 14.3. The lowest BCUT2D eigenvalue weighted by molar-refractivity contribution is 0.0167. The fourth-order valence-electron chi connectivity index (χ4n) is 1.09. The third-order valence-corrected chi connectivity index (χ3v) is 2.31. The monoisotopic (exact) mass is 220 g/mol. The Balaban J connectivity index is 3.05. The molecule has 3 heteroatoms. The maximum atomic E-state index is 5.45. The van der Waals surface area contributed by atoms with E-state index in [-0.39, 0.29) is 0 Å². The molecule has 0 aliphatic rings. The molecule has 0 aromatic heterocycles. The van der Waals surface area contributed by atoms with Crippen molar-refractivity contribution in [1.82, 2.24) is 0 Å². The molecule has 0 aliphatic heterocycles. The van der Waals surface area contributed by atoms with Crippen molar-refractivity contribution in [1.29, 1.82) is 0 Å². The highest BCUT2D eigenvalue weighted by Crippen LogP contribution is 2.07. The predicted molar refractivity (Wildman–Crippen MR) is 64.2 cm³/mol. The molecule has 0 N–H and O–H groups in total. The largest absolute Gasteiger partial charge is 0.379 e. The van der Waals surface area contributed by atoms with Crippen molar-refractivity contribution in [2.24, 2.45) is 5.92 Å². The molecule has 0 saturated heterocycles. The molecule has 0 radical (unpaired) electrons. The Morgan fingerprint density at radius 1 is 1.00 bits per heavy atom. The summed E-state index contributed by atoms with van der Waals surface area (Å²) in [6, 6.07) is 0. The van der Waals surface area contributed by atoms with Crippen LogP contribution in [0.5, 0.6) is 0 Å². The minimum absolute atomic E-state index is 0.307. The lowest BCUT2D eigenvalue weighted by Crippen LogP contribution is -2.11. The summed E-state index contributed by atoms with van der Waals surface area (Å²) >= 11 is 4.20. The van der Waals surface area contributed by atoms with Gasteiger partial charge < -0.3 is 9.47 Å². The van der Waals surface area contributed by atoms with Gasteiger partial charge >= 0.3 is 0 Å². The number of hydrogen-bond donors (Lipinski definition) is 1. The number of thiol groups is 1. The lowest BCUT2D eigenvalue weighted by Gasteiger charge is -2.11. The first-order valence-corrected chi connectivity index (χ1v) is 6.10. The Kier molecular flexibility index (Phi) is 10.0. The molecule has 1 atom stereocenters. The van der Waals surface area contributed by atoms with Crippen LogP contribution < -0.4 is 0 Å². The van der Waals surface area contributed by atoms with E-state index in [1.165, 1.54) is 6.42 Å². The van der Waals surface area contributed by atoms with Crippen molar-refractivity contribution in [3.63, 3.8) is 0 Å². The lowest BCUT2D eigenvalue weighted by atomic mass is 10.1. The first-order valence-electron chi connectivity index (χ1n) is 5.47. The number of hydrogen-bond acceptors (Lipinski definition) is 3. The van der Waals surface area contributed by atoms with E-state index >= 15 is 0 Å². The molecule has 14 heavy (non-hydrogen) atoms. The molecule has 0 saturated carbocycles. The van der Waals surface area contributed by atoms with Gasteiger partial charge in [-0.15, -0.1) is 0 Å². The minimum atomic E-state index is 0.307. The molecule has 0 fully saturated rings. The zero-order valence-corrected chi connectivity index (χ0v) is 10.6. The van der Waals surface area contributed by atoms with Crippen LogP contribution >= 0.6 is 12.6 Å². The fraction of sp³-hybridized carbons (Fsp3) is 1.00. The summed E-state index contributed by atoms with van der Waals surface area (Å²) in [5.74, 6) is 1.69. The topological polar surface area (TPSA) is 18.5 Å². The Hall–Kier alpha value is 0.270. The summed E-state index contributed by atoms with van der Waals surface area (Å²) in [6.45, 7) is 8.58. The van der Waals surface area contributed by atoms with E-state index in [4.69, 9.17) is 9.47 Å². The molecule has 0 aromatic carbocycles. The summed E-state index contributed by atoms with van der Waals surface area (Å²) in [6.07, 6.45) is 2.61. The van der Waals surface area contributed by atoms with E-state index in [0.717, 1.165) is 24.7 Å². The first-order chi connectivity index (χ1) is 6.66. The van der Waals surface area contributed by atoms with Gasteiger partial charge in [-0.3, -0.25) is 0 Å². The second-order valence-electron chi connectivity index (χ2n) is 3.94. The van der Waals surface area contributed by atoms with E-state index in [9.17, 15) is 0 Å². The molecule has 2 nitrogen and oxygen atoms in total. The summed E-state index contributed by atoms with van der Waals surface area (Å²) in [4.78, 5) is 0. The summed E-state index contributed by atoms with van der Waals surface area (Å²) in [7, 11) is 0. The molecule has 0 amide bonds. The Labute approximate surface area is 93.8 Å². The summed E-state index contributed by atoms with van der Waals surface area (Å²) in [5.41, 5.74) is 0. The molecule has 0 spiro atoms. The second kappa shape index (κ2) is 9.81. The molecular formula is C11H24O2S. The van der Waals surface area contributed by atoms with Crippen molar-refractivity contribution < 1.29 is 9.47 Å². The average Bonchev–Trinajstić information content (AvgIpc) is 2.11. The van der Waals surface area contributed by atoms with Crippen LogP contribution in [0.3, 0.4) is 0 Å². The maximum Gasteiger partial charge on any atom is 0.0703 e. The standard InChI is InChI=1S/C11H24O2S/c1-10(2)13-8-7-12-6-4-11(3)5-9-14/h10-11,14H,4-9H2,1-3H3. The van der Waals surface area contributed by atoms with E-state index in [1.54, 1.807) is 0 Å². The van der Waals surface area contributed by atoms with Crippen molar-refractivity contribution in [2.45, 2.75) is 39.7 Å². The smallest absolute Gasteiger partial charge is 0.0703 e. The Bertz CT molecular complexity index is 118. The van der Waals surface area contributed by atoms with Crippen molar-refractivity contribution in [3.8, 4) is 0 Å². The highest BCUT2D eigenvalue weighted by atomic mass is 32.1. The van der Waals surface area contributed by atoms with E-state index in [1.807, 2.05) is 13.8 Å². The van der Waals surface area contributed by atoms with Gasteiger partial charge in [-0.25, -0.2) is 0 Å². The van der Waals surface area contributed by atoms with Gasteiger partial charge in [0.05, 0.1) is 19.3 Å². The molecule has 86 valence electrons. The van der Waals surface area contributed by atoms with Crippen LogP contribution in [0.4, 0.5) is 0 Å². The zero-order valence-electron chi connectivity index (χ0n) is 9.66. The average molecular weight is 220 g/mol. The van der Waals surface area contributed by atoms with Gasteiger partial charge in [0, 0.05) is 6.61 Å². The van der Waals surface area contributed by atoms with Crippen molar-refractivity contribution >= 4 is 12.6 Å². The quantitative estimate of drug-likeness (QED) is 0.476. The van der Waals surface area contributed by atoms with Crippen LogP contribution in [0.1, 0.15) is 33.6 Å². The predicted octanol–water partition coefficient (Wildman–Crippen LogP) is 2.77. The Morgan fingerprint density at radius 3 is 2.29 bits per heavy atom. The normalized spacial score (nSPS) is 13.5. The fourth-order valence-corrected chi connectivity index (χ4v) is 1.53. The second-order valence-corrected chi connectivity index (χ2v) is 4.39. The SMILES string of the molecule is CC(CCS)CCOCCOC(C)C. The van der Waals surface area contributed by atoms with Gasteiger partial charge in [0.1, 0.15) is 0 Å². The molecular weight excluding hydrogens is 196 g/mol. The summed E-state index contributed by atoms with van der Waals surface area (Å²) < 4.78 is 10.8. The molecule has 0 aromatic rings. The van der Waals surface area contributed by atoms with Crippen molar-refractivity contribution in [3.05, 3.63) is 0 Å². The molecule has 0 aliphatic carbocycles. The van der Waals surface area contributed by atoms with Gasteiger partial charge in [0.25, 0.3) is 0 Å². The van der Waals surface area contributed by atoms with Crippen LogP contribution in [-0.4, -0.2) is 31.7 Å².